The SMILES string of the molecule is CCOC(=O)C1=C(C)NC(=O)N[C@@H]1c1ccc(OCC(=O)N/N=C\c2ccc(OCc3ccc(Cl)c(Cl)c3)c(OCC)c2)c(OC)c1. The maximum atomic E-state index is 12.6. The van der Waals surface area contributed by atoms with E-state index < -0.39 is 23.9 Å². The van der Waals surface area contributed by atoms with Gasteiger partial charge in [-0.2, -0.15) is 5.10 Å². The van der Waals surface area contributed by atoms with Crippen LogP contribution in [0.4, 0.5) is 4.79 Å². The number of carbonyl (C=O) groups is 3. The Morgan fingerprint density at radius 1 is 0.915 bits per heavy atom. The molecular formula is C33H34Cl2N4O8. The lowest BCUT2D eigenvalue weighted by Gasteiger charge is -2.28. The molecule has 248 valence electrons. The number of ether oxygens (including phenoxy) is 5. The Morgan fingerprint density at radius 3 is 2.40 bits per heavy atom. The van der Waals surface area contributed by atoms with Gasteiger partial charge in [-0.05, 0) is 79.9 Å². The monoisotopic (exact) mass is 684 g/mol. The van der Waals surface area contributed by atoms with Crippen LogP contribution in [0.25, 0.3) is 0 Å². The Balaban J connectivity index is 1.36. The number of carbonyl (C=O) groups excluding carboxylic acids is 3. The van der Waals surface area contributed by atoms with Crippen LogP contribution >= 0.6 is 23.2 Å². The fraction of sp³-hybridized carbons (Fsp3) is 0.273. The van der Waals surface area contributed by atoms with Crippen LogP contribution in [0.5, 0.6) is 23.0 Å². The summed E-state index contributed by atoms with van der Waals surface area (Å²) in [7, 11) is 1.44. The highest BCUT2D eigenvalue weighted by atomic mass is 35.5. The summed E-state index contributed by atoms with van der Waals surface area (Å²) < 4.78 is 28.0. The molecule has 0 saturated heterocycles. The number of hydrogen-bond acceptors (Lipinski definition) is 9. The second-order valence-electron chi connectivity index (χ2n) is 9.96. The number of halogens is 2. The summed E-state index contributed by atoms with van der Waals surface area (Å²) in [6.45, 7) is 5.66. The Kier molecular flexibility index (Phi) is 12.3. The third kappa shape index (κ3) is 9.30. The van der Waals surface area contributed by atoms with Crippen LogP contribution in [0.15, 0.2) is 71.0 Å². The molecule has 1 atom stereocenters. The number of esters is 1. The van der Waals surface area contributed by atoms with E-state index >= 15 is 0 Å². The van der Waals surface area contributed by atoms with Crippen LogP contribution in [0.1, 0.15) is 43.5 Å². The van der Waals surface area contributed by atoms with Crippen molar-refractivity contribution in [2.45, 2.75) is 33.4 Å². The zero-order valence-corrected chi connectivity index (χ0v) is 27.7. The van der Waals surface area contributed by atoms with E-state index in [0.717, 1.165) is 5.56 Å². The molecule has 0 aliphatic carbocycles. The molecular weight excluding hydrogens is 651 g/mol. The van der Waals surface area contributed by atoms with Crippen molar-refractivity contribution >= 4 is 47.3 Å². The van der Waals surface area contributed by atoms with E-state index in [2.05, 4.69) is 21.2 Å². The minimum atomic E-state index is -0.783. The largest absolute Gasteiger partial charge is 0.493 e. The van der Waals surface area contributed by atoms with Crippen LogP contribution in [-0.2, 0) is 20.9 Å². The van der Waals surface area contributed by atoms with E-state index in [1.807, 2.05) is 13.0 Å². The van der Waals surface area contributed by atoms with E-state index in [4.69, 9.17) is 46.9 Å². The lowest BCUT2D eigenvalue weighted by Crippen LogP contribution is -2.45. The van der Waals surface area contributed by atoms with Gasteiger partial charge >= 0.3 is 12.0 Å². The Morgan fingerprint density at radius 2 is 1.68 bits per heavy atom. The normalized spacial score (nSPS) is 14.3. The molecule has 0 saturated carbocycles. The zero-order valence-electron chi connectivity index (χ0n) is 26.1. The summed E-state index contributed by atoms with van der Waals surface area (Å²) in [6.07, 6.45) is 1.46. The van der Waals surface area contributed by atoms with Crippen LogP contribution < -0.4 is 35.0 Å². The van der Waals surface area contributed by atoms with Gasteiger partial charge in [-0.3, -0.25) is 4.79 Å². The van der Waals surface area contributed by atoms with Gasteiger partial charge in [0.2, 0.25) is 0 Å². The molecule has 14 heteroatoms. The van der Waals surface area contributed by atoms with E-state index in [1.165, 1.54) is 13.3 Å². The molecule has 1 aliphatic rings. The summed E-state index contributed by atoms with van der Waals surface area (Å²) in [6, 6.07) is 14.1. The first-order valence-corrected chi connectivity index (χ1v) is 15.3. The number of nitrogens with zero attached hydrogens (tertiary/aromatic N) is 1. The van der Waals surface area contributed by atoms with E-state index in [9.17, 15) is 14.4 Å². The van der Waals surface area contributed by atoms with Gasteiger partial charge in [0, 0.05) is 5.70 Å². The number of allylic oxidation sites excluding steroid dienone is 1. The molecule has 3 N–H and O–H groups in total. The van der Waals surface area contributed by atoms with Crippen LogP contribution in [0.2, 0.25) is 10.0 Å². The highest BCUT2D eigenvalue weighted by Gasteiger charge is 2.32. The number of urea groups is 1. The molecule has 3 aromatic rings. The molecule has 1 aliphatic heterocycles. The fourth-order valence-corrected chi connectivity index (χ4v) is 4.86. The van der Waals surface area contributed by atoms with Crippen molar-refractivity contribution in [3.05, 3.63) is 92.6 Å². The lowest BCUT2D eigenvalue weighted by atomic mass is 9.95. The fourth-order valence-electron chi connectivity index (χ4n) is 4.54. The topological polar surface area (TPSA) is 146 Å². The van der Waals surface area contributed by atoms with Gasteiger partial charge in [0.05, 0.1) is 48.2 Å². The molecule has 1 heterocycles. The summed E-state index contributed by atoms with van der Waals surface area (Å²) in [5, 5.41) is 10.2. The van der Waals surface area contributed by atoms with Crippen molar-refractivity contribution in [1.29, 1.82) is 0 Å². The van der Waals surface area contributed by atoms with E-state index in [1.54, 1.807) is 62.4 Å². The van der Waals surface area contributed by atoms with Crippen LogP contribution in [-0.4, -0.2) is 51.1 Å². The Hall–Kier alpha value is -4.94. The molecule has 12 nitrogen and oxygen atoms in total. The van der Waals surface area contributed by atoms with Crippen molar-refractivity contribution < 1.29 is 38.1 Å². The molecule has 3 aromatic carbocycles. The number of nitrogens with one attached hydrogen (secondary N) is 3. The molecule has 0 radical (unpaired) electrons. The smallest absolute Gasteiger partial charge is 0.338 e. The van der Waals surface area contributed by atoms with Crippen LogP contribution in [0, 0.1) is 0 Å². The van der Waals surface area contributed by atoms with Gasteiger partial charge in [0.1, 0.15) is 6.61 Å². The highest BCUT2D eigenvalue weighted by molar-refractivity contribution is 6.42. The molecule has 0 bridgehead atoms. The van der Waals surface area contributed by atoms with Gasteiger partial charge in [0.15, 0.2) is 29.6 Å². The number of rotatable bonds is 14. The molecule has 3 amide bonds. The van der Waals surface area contributed by atoms with E-state index in [0.29, 0.717) is 45.0 Å². The number of benzene rings is 3. The highest BCUT2D eigenvalue weighted by Crippen LogP contribution is 2.35. The summed E-state index contributed by atoms with van der Waals surface area (Å²) in [5.41, 5.74) is 5.12. The average Bonchev–Trinajstić information content (AvgIpc) is 3.04. The quantitative estimate of drug-likeness (QED) is 0.111. The number of amides is 3. The van der Waals surface area contributed by atoms with Crippen molar-refractivity contribution in [1.82, 2.24) is 16.1 Å². The summed E-state index contributed by atoms with van der Waals surface area (Å²) in [4.78, 5) is 37.3. The van der Waals surface area contributed by atoms with Crippen LogP contribution in [0.3, 0.4) is 0 Å². The molecule has 0 unspecified atom stereocenters. The predicted molar refractivity (Wildman–Crippen MR) is 176 cm³/mol. The first-order chi connectivity index (χ1) is 22.6. The average molecular weight is 686 g/mol. The number of methoxy groups -OCH3 is 1. The molecule has 0 spiro atoms. The summed E-state index contributed by atoms with van der Waals surface area (Å²) >= 11 is 12.1. The second-order valence-corrected chi connectivity index (χ2v) is 10.8. The van der Waals surface area contributed by atoms with Gasteiger partial charge in [0.25, 0.3) is 5.91 Å². The first-order valence-electron chi connectivity index (χ1n) is 14.5. The lowest BCUT2D eigenvalue weighted by molar-refractivity contribution is -0.139. The number of hydrogen-bond donors (Lipinski definition) is 3. The first kappa shape index (κ1) is 34.9. The summed E-state index contributed by atoms with van der Waals surface area (Å²) in [5.74, 6) is 0.512. The van der Waals surface area contributed by atoms with E-state index in [-0.39, 0.29) is 36.9 Å². The third-order valence-electron chi connectivity index (χ3n) is 6.69. The van der Waals surface area contributed by atoms with Crippen molar-refractivity contribution in [3.8, 4) is 23.0 Å². The van der Waals surface area contributed by atoms with Gasteiger partial charge < -0.3 is 34.3 Å². The maximum absolute atomic E-state index is 12.6. The minimum absolute atomic E-state index is 0.177. The zero-order chi connectivity index (χ0) is 33.9. The molecule has 0 aromatic heterocycles. The van der Waals surface area contributed by atoms with Crippen molar-refractivity contribution in [2.24, 2.45) is 5.10 Å². The van der Waals surface area contributed by atoms with Gasteiger partial charge in [-0.1, -0.05) is 35.3 Å². The van der Waals surface area contributed by atoms with Gasteiger partial charge in [-0.25, -0.2) is 15.0 Å². The Labute approximate surface area is 281 Å². The third-order valence-corrected chi connectivity index (χ3v) is 7.43. The molecule has 47 heavy (non-hydrogen) atoms. The second kappa shape index (κ2) is 16.6. The van der Waals surface area contributed by atoms with Crippen molar-refractivity contribution in [2.75, 3.05) is 26.9 Å². The van der Waals surface area contributed by atoms with Crippen molar-refractivity contribution in [3.63, 3.8) is 0 Å². The standard InChI is InChI=1S/C33H34Cl2N4O8/c1-5-44-28-14-20(8-11-26(28)46-17-21-7-10-23(34)24(35)13-21)16-36-39-29(40)18-47-25-12-9-22(15-27(25)43-4)31-30(32(41)45-6-2)19(3)37-33(42)38-31/h7-16,31H,5-6,17-18H2,1-4H3,(H,39,40)(H2,37,38,42)/b36-16-/t31-/m1/s1. The van der Waals surface area contributed by atoms with Gasteiger partial charge in [-0.15, -0.1) is 0 Å². The molecule has 4 rings (SSSR count). The minimum Gasteiger partial charge on any atom is -0.493 e. The molecule has 0 fully saturated rings. The number of hydrazone groups is 1. The Bertz CT molecular complexity index is 1700. The predicted octanol–water partition coefficient (Wildman–Crippen LogP) is 5.70. The maximum Gasteiger partial charge on any atom is 0.338 e.